The van der Waals surface area contributed by atoms with Crippen molar-refractivity contribution >= 4 is 28.5 Å². The van der Waals surface area contributed by atoms with Crippen molar-refractivity contribution in [3.05, 3.63) is 35.0 Å². The molecule has 0 aliphatic rings. The number of rotatable bonds is 5. The Labute approximate surface area is 128 Å². The van der Waals surface area contributed by atoms with Gasteiger partial charge in [0.15, 0.2) is 5.76 Å². The van der Waals surface area contributed by atoms with E-state index in [0.717, 1.165) is 5.39 Å². The highest BCUT2D eigenvalue weighted by molar-refractivity contribution is 6.31. The van der Waals surface area contributed by atoms with Crippen LogP contribution in [0.3, 0.4) is 0 Å². The molecule has 0 radical (unpaired) electrons. The lowest BCUT2D eigenvalue weighted by Gasteiger charge is -2.26. The topological polar surface area (TPSA) is 65.7 Å². The van der Waals surface area contributed by atoms with Gasteiger partial charge in [0.2, 0.25) is 0 Å². The van der Waals surface area contributed by atoms with Crippen LogP contribution in [-0.4, -0.2) is 48.7 Å². The van der Waals surface area contributed by atoms with E-state index >= 15 is 0 Å². The number of halogens is 1. The summed E-state index contributed by atoms with van der Waals surface area (Å²) >= 11 is 5.90. The fourth-order valence-electron chi connectivity index (χ4n) is 2.22. The molecule has 0 saturated heterocycles. The van der Waals surface area contributed by atoms with Gasteiger partial charge in [-0.2, -0.15) is 0 Å². The molecule has 0 unspecified atom stereocenters. The van der Waals surface area contributed by atoms with Gasteiger partial charge in [0.25, 0.3) is 5.91 Å². The molecule has 21 heavy (non-hydrogen) atoms. The largest absolute Gasteiger partial charge is 0.451 e. The number of carbonyl (C=O) groups excluding carboxylic acids is 1. The van der Waals surface area contributed by atoms with Gasteiger partial charge in [0, 0.05) is 23.5 Å². The molecule has 2 rings (SSSR count). The van der Waals surface area contributed by atoms with Crippen molar-refractivity contribution in [2.75, 3.05) is 27.2 Å². The third-order valence-electron chi connectivity index (χ3n) is 2.99. The first-order chi connectivity index (χ1) is 9.77. The molecule has 2 aromatic rings. The molecule has 1 aromatic carbocycles. The Bertz CT molecular complexity index is 649. The van der Waals surface area contributed by atoms with E-state index in [1.165, 1.54) is 0 Å². The molecule has 0 aliphatic carbocycles. The second kappa shape index (κ2) is 6.05. The Morgan fingerprint density at radius 3 is 2.81 bits per heavy atom. The van der Waals surface area contributed by atoms with Crippen LogP contribution < -0.4 is 5.32 Å². The van der Waals surface area contributed by atoms with Gasteiger partial charge in [-0.3, -0.25) is 4.79 Å². The molecule has 0 fully saturated rings. The Balaban J connectivity index is 2.05. The van der Waals surface area contributed by atoms with E-state index < -0.39 is 5.60 Å². The molecule has 1 aromatic heterocycles. The third-order valence-corrected chi connectivity index (χ3v) is 3.22. The van der Waals surface area contributed by atoms with Crippen molar-refractivity contribution < 1.29 is 14.3 Å². The number of amides is 1. The van der Waals surface area contributed by atoms with Crippen LogP contribution in [0.2, 0.25) is 5.02 Å². The predicted molar refractivity (Wildman–Crippen MR) is 82.7 cm³/mol. The van der Waals surface area contributed by atoms with Gasteiger partial charge in [0.1, 0.15) is 5.58 Å². The molecule has 0 spiro atoms. The van der Waals surface area contributed by atoms with Gasteiger partial charge in [-0.05, 0) is 45.3 Å². The van der Waals surface area contributed by atoms with Crippen molar-refractivity contribution in [2.24, 2.45) is 0 Å². The van der Waals surface area contributed by atoms with E-state index in [1.54, 1.807) is 31.2 Å². The van der Waals surface area contributed by atoms with Crippen molar-refractivity contribution in [2.45, 2.75) is 12.5 Å². The van der Waals surface area contributed by atoms with E-state index in [4.69, 9.17) is 16.0 Å². The smallest absolute Gasteiger partial charge is 0.287 e. The minimum Gasteiger partial charge on any atom is -0.451 e. The van der Waals surface area contributed by atoms with Gasteiger partial charge < -0.3 is 19.7 Å². The first-order valence-electron chi connectivity index (χ1n) is 6.61. The molecule has 2 N–H and O–H groups in total. The molecule has 0 saturated carbocycles. The molecule has 1 heterocycles. The number of fused-ring (bicyclic) bond motifs is 1. The van der Waals surface area contributed by atoms with Crippen LogP contribution in [0.25, 0.3) is 11.0 Å². The average molecular weight is 311 g/mol. The molecule has 6 heteroatoms. The van der Waals surface area contributed by atoms with Crippen LogP contribution in [0.5, 0.6) is 0 Å². The Morgan fingerprint density at radius 2 is 2.14 bits per heavy atom. The van der Waals surface area contributed by atoms with Gasteiger partial charge in [0.05, 0.1) is 5.60 Å². The number of aliphatic hydroxyl groups is 1. The second-order valence-corrected chi connectivity index (χ2v) is 6.15. The standard InChI is InChI=1S/C15H19ClN2O3/c1-15(20,9-18(2)3)8-17-14(19)13-7-10-6-11(16)4-5-12(10)21-13/h4-7,20H,8-9H2,1-3H3,(H,17,19)/t15-/m0/s1. The van der Waals surface area contributed by atoms with Crippen LogP contribution in [0.4, 0.5) is 0 Å². The second-order valence-electron chi connectivity index (χ2n) is 5.71. The summed E-state index contributed by atoms with van der Waals surface area (Å²) in [6.07, 6.45) is 0. The predicted octanol–water partition coefficient (Wildman–Crippen LogP) is 2.13. The van der Waals surface area contributed by atoms with Gasteiger partial charge in [-0.15, -0.1) is 0 Å². The van der Waals surface area contributed by atoms with E-state index in [2.05, 4.69) is 5.32 Å². The average Bonchev–Trinajstić information content (AvgIpc) is 2.77. The van der Waals surface area contributed by atoms with Gasteiger partial charge in [-0.25, -0.2) is 0 Å². The molecule has 5 nitrogen and oxygen atoms in total. The lowest BCUT2D eigenvalue weighted by molar-refractivity contribution is 0.0322. The summed E-state index contributed by atoms with van der Waals surface area (Å²) < 4.78 is 5.47. The summed E-state index contributed by atoms with van der Waals surface area (Å²) in [5.41, 5.74) is -0.404. The molecule has 1 amide bonds. The van der Waals surface area contributed by atoms with Gasteiger partial charge >= 0.3 is 0 Å². The van der Waals surface area contributed by atoms with Crippen LogP contribution >= 0.6 is 11.6 Å². The van der Waals surface area contributed by atoms with Crippen molar-refractivity contribution in [3.8, 4) is 0 Å². The molecular weight excluding hydrogens is 292 g/mol. The van der Waals surface area contributed by atoms with Crippen molar-refractivity contribution in [1.29, 1.82) is 0 Å². The zero-order valence-electron chi connectivity index (χ0n) is 12.3. The summed E-state index contributed by atoms with van der Waals surface area (Å²) in [6.45, 7) is 2.26. The number of nitrogens with one attached hydrogen (secondary N) is 1. The number of hydrogen-bond acceptors (Lipinski definition) is 4. The zero-order chi connectivity index (χ0) is 15.6. The van der Waals surface area contributed by atoms with Crippen LogP contribution in [-0.2, 0) is 0 Å². The number of likely N-dealkylation sites (N-methyl/N-ethyl adjacent to an activating group) is 1. The quantitative estimate of drug-likeness (QED) is 0.888. The van der Waals surface area contributed by atoms with Crippen LogP contribution in [0.1, 0.15) is 17.5 Å². The number of furan rings is 1. The molecule has 114 valence electrons. The fourth-order valence-corrected chi connectivity index (χ4v) is 2.40. The summed E-state index contributed by atoms with van der Waals surface area (Å²) in [5.74, 6) is -0.158. The molecule has 0 aliphatic heterocycles. The normalized spacial score (nSPS) is 14.4. The van der Waals surface area contributed by atoms with E-state index in [-0.39, 0.29) is 18.2 Å². The van der Waals surface area contributed by atoms with Crippen molar-refractivity contribution in [1.82, 2.24) is 10.2 Å². The summed E-state index contributed by atoms with van der Waals surface area (Å²) in [6, 6.07) is 6.80. The molecule has 0 bridgehead atoms. The Kier molecular flexibility index (Phi) is 4.56. The van der Waals surface area contributed by atoms with Gasteiger partial charge in [-0.1, -0.05) is 11.6 Å². The Hall–Kier alpha value is -1.56. The number of nitrogens with zero attached hydrogens (tertiary/aromatic N) is 1. The van der Waals surface area contributed by atoms with Crippen molar-refractivity contribution in [3.63, 3.8) is 0 Å². The summed E-state index contributed by atoms with van der Waals surface area (Å²) in [7, 11) is 3.72. The number of carbonyl (C=O) groups is 1. The first kappa shape index (κ1) is 15.8. The maximum Gasteiger partial charge on any atom is 0.287 e. The number of benzene rings is 1. The first-order valence-corrected chi connectivity index (χ1v) is 6.99. The van der Waals surface area contributed by atoms with Crippen LogP contribution in [0, 0.1) is 0 Å². The highest BCUT2D eigenvalue weighted by atomic mass is 35.5. The number of hydrogen-bond donors (Lipinski definition) is 2. The fraction of sp³-hybridized carbons (Fsp3) is 0.400. The zero-order valence-corrected chi connectivity index (χ0v) is 13.1. The van der Waals surface area contributed by atoms with Crippen LogP contribution in [0.15, 0.2) is 28.7 Å². The Morgan fingerprint density at radius 1 is 1.43 bits per heavy atom. The lowest BCUT2D eigenvalue weighted by atomic mass is 10.1. The SMILES string of the molecule is CN(C)C[C@@](C)(O)CNC(=O)c1cc2cc(Cl)ccc2o1. The highest BCUT2D eigenvalue weighted by Gasteiger charge is 2.23. The van der Waals surface area contributed by atoms with E-state index in [0.29, 0.717) is 17.2 Å². The van der Waals surface area contributed by atoms with E-state index in [1.807, 2.05) is 19.0 Å². The molecular formula is C15H19ClN2O3. The van der Waals surface area contributed by atoms with E-state index in [9.17, 15) is 9.90 Å². The maximum absolute atomic E-state index is 12.1. The third kappa shape index (κ3) is 4.20. The summed E-state index contributed by atoms with van der Waals surface area (Å²) in [5, 5.41) is 14.2. The maximum atomic E-state index is 12.1. The monoisotopic (exact) mass is 310 g/mol. The minimum absolute atomic E-state index is 0.141. The molecule has 1 atom stereocenters. The minimum atomic E-state index is -1.01. The summed E-state index contributed by atoms with van der Waals surface area (Å²) in [4.78, 5) is 13.9. The lowest BCUT2D eigenvalue weighted by Crippen LogP contribution is -2.47. The highest BCUT2D eigenvalue weighted by Crippen LogP contribution is 2.23.